The van der Waals surface area contributed by atoms with E-state index in [-0.39, 0.29) is 12.0 Å². The maximum atomic E-state index is 12.8. The molecule has 0 spiro atoms. The highest BCUT2D eigenvalue weighted by Gasteiger charge is 2.20. The minimum Gasteiger partial charge on any atom is -0.481 e. The van der Waals surface area contributed by atoms with Crippen molar-refractivity contribution in [2.45, 2.75) is 19.0 Å². The third-order valence-electron chi connectivity index (χ3n) is 4.47. The molecule has 1 aromatic carbocycles. The van der Waals surface area contributed by atoms with E-state index in [0.717, 1.165) is 5.56 Å². The molecule has 1 amide bonds. The molecule has 3 aromatic rings. The van der Waals surface area contributed by atoms with Gasteiger partial charge in [-0.2, -0.15) is 0 Å². The van der Waals surface area contributed by atoms with Crippen molar-refractivity contribution in [2.75, 3.05) is 0 Å². The number of benzene rings is 1. The Morgan fingerprint density at radius 3 is 2.52 bits per heavy atom. The zero-order valence-electron chi connectivity index (χ0n) is 16.1. The molecule has 4 N–H and O–H groups in total. The van der Waals surface area contributed by atoms with Gasteiger partial charge in [-0.25, -0.2) is 0 Å². The van der Waals surface area contributed by atoms with Crippen molar-refractivity contribution in [1.82, 2.24) is 9.72 Å². The van der Waals surface area contributed by atoms with Gasteiger partial charge in [0, 0.05) is 33.4 Å². The minimum absolute atomic E-state index is 0.0984. The number of carbonyl (C=O) groups is 2. The maximum Gasteiger partial charge on any atom is 0.305 e. The molecule has 0 aliphatic carbocycles. The molecule has 1 atom stereocenters. The summed E-state index contributed by atoms with van der Waals surface area (Å²) < 4.78 is 1.39. The van der Waals surface area contributed by atoms with E-state index in [9.17, 15) is 19.5 Å². The summed E-state index contributed by atoms with van der Waals surface area (Å²) in [6.07, 6.45) is 2.41. The van der Waals surface area contributed by atoms with Gasteiger partial charge in [0.15, 0.2) is 0 Å². The third kappa shape index (κ3) is 5.62. The number of nitrogens with zero attached hydrogens (tertiary/aromatic N) is 2. The van der Waals surface area contributed by atoms with Gasteiger partial charge in [-0.1, -0.05) is 29.3 Å². The average Bonchev–Trinajstić information content (AvgIpc) is 2.70. The lowest BCUT2D eigenvalue weighted by molar-refractivity contribution is -0.137. The number of fused-ring (bicyclic) bond motifs is 1. The van der Waals surface area contributed by atoms with Crippen LogP contribution in [0.1, 0.15) is 33.9 Å². The Hall–Kier alpha value is -3.36. The number of carbonyl (C=O) groups excluding carboxylic acids is 1. The van der Waals surface area contributed by atoms with E-state index >= 15 is 0 Å². The number of pyridine rings is 2. The fourth-order valence-corrected chi connectivity index (χ4v) is 3.64. The van der Waals surface area contributed by atoms with Gasteiger partial charge in [0.2, 0.25) is 0 Å². The zero-order chi connectivity index (χ0) is 22.5. The highest BCUT2D eigenvalue weighted by molar-refractivity contribution is 6.34. The average molecular weight is 461 g/mol. The molecule has 0 saturated heterocycles. The number of halogens is 2. The quantitative estimate of drug-likeness (QED) is 0.368. The number of carboxylic acids is 1. The maximum absolute atomic E-state index is 12.8. The molecule has 0 saturated carbocycles. The van der Waals surface area contributed by atoms with Crippen LogP contribution in [0.4, 0.5) is 0 Å². The SMILES string of the molecule is NC=NCc1ccc2cc(C(=O)NC(CC(=O)O)c3cc(Cl)cc(Cl)c3)cc(=O)n2c1. The van der Waals surface area contributed by atoms with Gasteiger partial charge in [0.25, 0.3) is 11.5 Å². The number of amides is 1. The Morgan fingerprint density at radius 2 is 1.87 bits per heavy atom. The van der Waals surface area contributed by atoms with Crippen LogP contribution in [0, 0.1) is 0 Å². The summed E-state index contributed by atoms with van der Waals surface area (Å²) in [4.78, 5) is 40.6. The fourth-order valence-electron chi connectivity index (χ4n) is 3.10. The van der Waals surface area contributed by atoms with Crippen molar-refractivity contribution in [1.29, 1.82) is 0 Å². The van der Waals surface area contributed by atoms with E-state index in [2.05, 4.69) is 10.3 Å². The highest BCUT2D eigenvalue weighted by Crippen LogP contribution is 2.26. The molecule has 8 nitrogen and oxygen atoms in total. The van der Waals surface area contributed by atoms with E-state index in [1.165, 1.54) is 41.1 Å². The van der Waals surface area contributed by atoms with Crippen molar-refractivity contribution < 1.29 is 14.7 Å². The number of aliphatic carboxylic acids is 1. The smallest absolute Gasteiger partial charge is 0.305 e. The van der Waals surface area contributed by atoms with Gasteiger partial charge in [-0.15, -0.1) is 0 Å². The van der Waals surface area contributed by atoms with E-state index in [1.54, 1.807) is 18.3 Å². The van der Waals surface area contributed by atoms with Crippen molar-refractivity contribution >= 4 is 46.9 Å². The lowest BCUT2D eigenvalue weighted by atomic mass is 10.0. The summed E-state index contributed by atoms with van der Waals surface area (Å²) in [5, 5.41) is 12.5. The number of rotatable bonds is 7. The molecule has 3 rings (SSSR count). The third-order valence-corrected chi connectivity index (χ3v) is 4.91. The monoisotopic (exact) mass is 460 g/mol. The summed E-state index contributed by atoms with van der Waals surface area (Å²) in [5.41, 5.74) is 6.64. The van der Waals surface area contributed by atoms with Crippen LogP contribution in [0.2, 0.25) is 10.0 Å². The Bertz CT molecular complexity index is 1220. The first-order chi connectivity index (χ1) is 14.8. The van der Waals surface area contributed by atoms with Crippen LogP contribution in [0.25, 0.3) is 5.52 Å². The van der Waals surface area contributed by atoms with Gasteiger partial charge in [0.1, 0.15) is 0 Å². The largest absolute Gasteiger partial charge is 0.481 e. The van der Waals surface area contributed by atoms with Crippen LogP contribution in [0.3, 0.4) is 0 Å². The molecule has 1 unspecified atom stereocenters. The summed E-state index contributed by atoms with van der Waals surface area (Å²) in [6, 6.07) is 9.84. The Balaban J connectivity index is 1.92. The minimum atomic E-state index is -1.12. The van der Waals surface area contributed by atoms with E-state index in [1.807, 2.05) is 0 Å². The van der Waals surface area contributed by atoms with Gasteiger partial charge in [0.05, 0.1) is 25.3 Å². The van der Waals surface area contributed by atoms with E-state index in [4.69, 9.17) is 28.9 Å². The highest BCUT2D eigenvalue weighted by atomic mass is 35.5. The number of hydrogen-bond acceptors (Lipinski definition) is 4. The Kier molecular flexibility index (Phi) is 6.94. The lowest BCUT2D eigenvalue weighted by Crippen LogP contribution is -2.31. The zero-order valence-corrected chi connectivity index (χ0v) is 17.6. The molecular weight excluding hydrogens is 443 g/mol. The fraction of sp³-hybridized carbons (Fsp3) is 0.143. The van der Waals surface area contributed by atoms with Crippen molar-refractivity contribution in [3.05, 3.63) is 85.8 Å². The van der Waals surface area contributed by atoms with Crippen LogP contribution in [-0.2, 0) is 11.3 Å². The van der Waals surface area contributed by atoms with Crippen LogP contribution in [0.15, 0.2) is 58.4 Å². The molecule has 160 valence electrons. The standard InChI is InChI=1S/C21H18Cl2N4O4/c22-15-3-13(4-16(23)7-15)18(8-20(29)30)26-21(31)14-5-17-2-1-12(9-25-11-24)10-27(17)19(28)6-14/h1-7,10-11,18H,8-9H2,(H2,24,25)(H,26,31)(H,29,30). The number of nitrogens with one attached hydrogen (secondary N) is 1. The molecule has 2 aromatic heterocycles. The van der Waals surface area contributed by atoms with Crippen LogP contribution in [0.5, 0.6) is 0 Å². The van der Waals surface area contributed by atoms with E-state index in [0.29, 0.717) is 27.7 Å². The first kappa shape index (κ1) is 22.3. The number of carboxylic acid groups (broad SMARTS) is 1. The molecule has 10 heteroatoms. The Morgan fingerprint density at radius 1 is 1.16 bits per heavy atom. The van der Waals surface area contributed by atoms with Gasteiger partial charge in [-0.3, -0.25) is 23.8 Å². The predicted octanol–water partition coefficient (Wildman–Crippen LogP) is 3.04. The second kappa shape index (κ2) is 9.63. The summed E-state index contributed by atoms with van der Waals surface area (Å²) in [7, 11) is 0. The molecule has 0 bridgehead atoms. The second-order valence-electron chi connectivity index (χ2n) is 6.73. The molecule has 0 aliphatic rings. The molecule has 31 heavy (non-hydrogen) atoms. The number of aromatic nitrogens is 1. The lowest BCUT2D eigenvalue weighted by Gasteiger charge is -2.18. The topological polar surface area (TPSA) is 126 Å². The van der Waals surface area contributed by atoms with Gasteiger partial charge < -0.3 is 16.2 Å². The van der Waals surface area contributed by atoms with E-state index < -0.39 is 23.5 Å². The van der Waals surface area contributed by atoms with Gasteiger partial charge in [-0.05, 0) is 41.5 Å². The molecule has 0 fully saturated rings. The van der Waals surface area contributed by atoms with Crippen LogP contribution in [-0.4, -0.2) is 27.7 Å². The number of hydrogen-bond donors (Lipinski definition) is 3. The second-order valence-corrected chi connectivity index (χ2v) is 7.60. The number of aliphatic imine (C=N–C) groups is 1. The molecular formula is C21H18Cl2N4O4. The van der Waals surface area contributed by atoms with Crippen LogP contribution >= 0.6 is 23.2 Å². The molecule has 0 aliphatic heterocycles. The summed E-state index contributed by atoms with van der Waals surface area (Å²) >= 11 is 12.0. The number of nitrogens with two attached hydrogens (primary N) is 1. The van der Waals surface area contributed by atoms with Crippen molar-refractivity contribution in [3.63, 3.8) is 0 Å². The van der Waals surface area contributed by atoms with Gasteiger partial charge >= 0.3 is 5.97 Å². The molecule has 0 radical (unpaired) electrons. The normalized spacial score (nSPS) is 12.2. The predicted molar refractivity (Wildman–Crippen MR) is 119 cm³/mol. The first-order valence-electron chi connectivity index (χ1n) is 9.11. The van der Waals surface area contributed by atoms with Crippen molar-refractivity contribution in [3.8, 4) is 0 Å². The van der Waals surface area contributed by atoms with Crippen LogP contribution < -0.4 is 16.6 Å². The first-order valence-corrected chi connectivity index (χ1v) is 9.86. The van der Waals surface area contributed by atoms with Crippen molar-refractivity contribution in [2.24, 2.45) is 10.7 Å². The molecule has 2 heterocycles. The Labute approximate surface area is 186 Å². The summed E-state index contributed by atoms with van der Waals surface area (Å²) in [5.74, 6) is -1.72. The summed E-state index contributed by atoms with van der Waals surface area (Å²) in [6.45, 7) is 0.320.